The quantitative estimate of drug-likeness (QED) is 0.638. The molecule has 2 aromatic rings. The molecule has 21 heavy (non-hydrogen) atoms. The molecule has 0 aliphatic carbocycles. The summed E-state index contributed by atoms with van der Waals surface area (Å²) in [6.45, 7) is 8.24. The van der Waals surface area contributed by atoms with Gasteiger partial charge in [0.2, 0.25) is 0 Å². The third kappa shape index (κ3) is 3.70. The smallest absolute Gasteiger partial charge is 0.122 e. The van der Waals surface area contributed by atoms with Crippen molar-refractivity contribution < 1.29 is 5.11 Å². The van der Waals surface area contributed by atoms with Gasteiger partial charge < -0.3 is 5.11 Å². The SMILES string of the molecule is Cc1cc(C(=S)Cc2ccccc2)cc(C(C)(C)C)c1O. The lowest BCUT2D eigenvalue weighted by molar-refractivity contribution is 0.443. The summed E-state index contributed by atoms with van der Waals surface area (Å²) >= 11 is 5.61. The lowest BCUT2D eigenvalue weighted by atomic mass is 9.83. The van der Waals surface area contributed by atoms with Crippen molar-refractivity contribution in [2.24, 2.45) is 0 Å². The van der Waals surface area contributed by atoms with Crippen LogP contribution in [0.1, 0.15) is 43.0 Å². The number of aryl methyl sites for hydroxylation is 1. The minimum absolute atomic E-state index is 0.104. The predicted octanol–water partition coefficient (Wildman–Crippen LogP) is 4.96. The van der Waals surface area contributed by atoms with Crippen LogP contribution in [0.25, 0.3) is 0 Å². The van der Waals surface area contributed by atoms with E-state index in [-0.39, 0.29) is 5.41 Å². The summed E-state index contributed by atoms with van der Waals surface area (Å²) in [5, 5.41) is 10.3. The normalized spacial score (nSPS) is 11.4. The molecule has 2 aromatic carbocycles. The third-order valence-electron chi connectivity index (χ3n) is 3.64. The van der Waals surface area contributed by atoms with Crippen LogP contribution in [0.3, 0.4) is 0 Å². The van der Waals surface area contributed by atoms with Crippen LogP contribution < -0.4 is 0 Å². The van der Waals surface area contributed by atoms with Crippen LogP contribution in [0.15, 0.2) is 42.5 Å². The fourth-order valence-electron chi connectivity index (χ4n) is 2.40. The Balaban J connectivity index is 2.36. The summed E-state index contributed by atoms with van der Waals surface area (Å²) in [4.78, 5) is 0.912. The van der Waals surface area contributed by atoms with Gasteiger partial charge in [0.1, 0.15) is 5.75 Å². The van der Waals surface area contributed by atoms with Crippen LogP contribution in [0.2, 0.25) is 0 Å². The first-order valence-electron chi connectivity index (χ1n) is 7.20. The van der Waals surface area contributed by atoms with Crippen molar-refractivity contribution in [3.05, 3.63) is 64.7 Å². The highest BCUT2D eigenvalue weighted by Gasteiger charge is 2.21. The molecule has 110 valence electrons. The number of phenols is 1. The topological polar surface area (TPSA) is 20.2 Å². The van der Waals surface area contributed by atoms with E-state index in [4.69, 9.17) is 12.2 Å². The van der Waals surface area contributed by atoms with E-state index in [9.17, 15) is 5.11 Å². The molecule has 2 rings (SSSR count). The Labute approximate surface area is 132 Å². The molecule has 2 heteroatoms. The van der Waals surface area contributed by atoms with Gasteiger partial charge in [0, 0.05) is 16.8 Å². The molecule has 0 unspecified atom stereocenters. The number of aromatic hydroxyl groups is 1. The minimum Gasteiger partial charge on any atom is -0.507 e. The lowest BCUT2D eigenvalue weighted by Gasteiger charge is -2.23. The fourth-order valence-corrected chi connectivity index (χ4v) is 2.68. The summed E-state index contributed by atoms with van der Waals surface area (Å²) in [5.74, 6) is 0.383. The molecule has 0 fully saturated rings. The Hall–Kier alpha value is -1.67. The molecule has 1 nitrogen and oxygen atoms in total. The van der Waals surface area contributed by atoms with E-state index in [0.717, 1.165) is 28.0 Å². The van der Waals surface area contributed by atoms with Crippen LogP contribution >= 0.6 is 12.2 Å². The molecule has 0 saturated carbocycles. The Morgan fingerprint density at radius 2 is 1.71 bits per heavy atom. The first kappa shape index (κ1) is 15.7. The van der Waals surface area contributed by atoms with Gasteiger partial charge in [-0.05, 0) is 41.2 Å². The van der Waals surface area contributed by atoms with Crippen LogP contribution in [-0.4, -0.2) is 9.97 Å². The largest absolute Gasteiger partial charge is 0.507 e. The average Bonchev–Trinajstić information content (AvgIpc) is 2.41. The van der Waals surface area contributed by atoms with Crippen molar-refractivity contribution in [1.29, 1.82) is 0 Å². The van der Waals surface area contributed by atoms with Gasteiger partial charge in [0.15, 0.2) is 0 Å². The van der Waals surface area contributed by atoms with Crippen LogP contribution in [0, 0.1) is 6.92 Å². The summed E-state index contributed by atoms with van der Waals surface area (Å²) in [6.07, 6.45) is 0.754. The predicted molar refractivity (Wildman–Crippen MR) is 93.4 cm³/mol. The van der Waals surface area contributed by atoms with Crippen molar-refractivity contribution in [3.63, 3.8) is 0 Å². The number of thiocarbonyl (C=S) groups is 1. The van der Waals surface area contributed by atoms with Crippen LogP contribution in [-0.2, 0) is 11.8 Å². The van der Waals surface area contributed by atoms with Crippen LogP contribution in [0.4, 0.5) is 0 Å². The number of benzene rings is 2. The zero-order valence-corrected chi connectivity index (χ0v) is 13.9. The molecule has 0 heterocycles. The highest BCUT2D eigenvalue weighted by molar-refractivity contribution is 7.80. The molecule has 0 spiro atoms. The highest BCUT2D eigenvalue weighted by atomic mass is 32.1. The molecule has 0 aliphatic rings. The van der Waals surface area contributed by atoms with Gasteiger partial charge in [0.05, 0.1) is 0 Å². The maximum Gasteiger partial charge on any atom is 0.122 e. The van der Waals surface area contributed by atoms with E-state index in [0.29, 0.717) is 5.75 Å². The van der Waals surface area contributed by atoms with Gasteiger partial charge in [-0.3, -0.25) is 0 Å². The Morgan fingerprint density at radius 1 is 1.10 bits per heavy atom. The van der Waals surface area contributed by atoms with E-state index in [1.165, 1.54) is 5.56 Å². The molecule has 0 aromatic heterocycles. The van der Waals surface area contributed by atoms with Crippen molar-refractivity contribution in [1.82, 2.24) is 0 Å². The zero-order chi connectivity index (χ0) is 15.6. The Kier molecular flexibility index (Phi) is 4.48. The molecule has 0 saturated heterocycles. The molecular formula is C19H22OS. The molecule has 0 atom stereocenters. The highest BCUT2D eigenvalue weighted by Crippen LogP contribution is 2.34. The Bertz CT molecular complexity index is 651. The van der Waals surface area contributed by atoms with Gasteiger partial charge >= 0.3 is 0 Å². The summed E-state index contributed by atoms with van der Waals surface area (Å²) in [6, 6.07) is 14.3. The molecule has 0 aliphatic heterocycles. The maximum atomic E-state index is 10.3. The molecular weight excluding hydrogens is 276 g/mol. The number of hydrogen-bond acceptors (Lipinski definition) is 2. The number of phenolic OH excluding ortho intramolecular Hbond substituents is 1. The van der Waals surface area contributed by atoms with E-state index in [1.54, 1.807) is 0 Å². The van der Waals surface area contributed by atoms with Crippen LogP contribution in [0.5, 0.6) is 5.75 Å². The summed E-state index contributed by atoms with van der Waals surface area (Å²) in [5.41, 5.74) is 3.98. The summed E-state index contributed by atoms with van der Waals surface area (Å²) < 4.78 is 0. The minimum atomic E-state index is -0.104. The zero-order valence-electron chi connectivity index (χ0n) is 13.1. The van der Waals surface area contributed by atoms with E-state index in [2.05, 4.69) is 32.9 Å². The van der Waals surface area contributed by atoms with Crippen molar-refractivity contribution in [3.8, 4) is 5.75 Å². The lowest BCUT2D eigenvalue weighted by Crippen LogP contribution is -2.14. The molecule has 0 amide bonds. The molecule has 0 radical (unpaired) electrons. The second-order valence-corrected chi connectivity index (χ2v) is 7.02. The van der Waals surface area contributed by atoms with Gasteiger partial charge in [-0.25, -0.2) is 0 Å². The standard InChI is InChI=1S/C19H22OS/c1-13-10-15(12-16(18(13)20)19(2,3)4)17(21)11-14-8-6-5-7-9-14/h5-10,12,20H,11H2,1-4H3. The monoisotopic (exact) mass is 298 g/mol. The maximum absolute atomic E-state index is 10.3. The average molecular weight is 298 g/mol. The molecule has 1 N–H and O–H groups in total. The first-order chi connectivity index (χ1) is 9.79. The van der Waals surface area contributed by atoms with Gasteiger partial charge in [-0.15, -0.1) is 0 Å². The van der Waals surface area contributed by atoms with E-state index in [1.807, 2.05) is 37.3 Å². The van der Waals surface area contributed by atoms with Gasteiger partial charge in [-0.2, -0.15) is 0 Å². The third-order valence-corrected chi connectivity index (χ3v) is 4.02. The van der Waals surface area contributed by atoms with Crippen molar-refractivity contribution in [2.75, 3.05) is 0 Å². The second kappa shape index (κ2) is 5.98. The number of hydrogen-bond donors (Lipinski definition) is 1. The van der Waals surface area contributed by atoms with Gasteiger partial charge in [0.25, 0.3) is 0 Å². The fraction of sp³-hybridized carbons (Fsp3) is 0.316. The molecule has 0 bridgehead atoms. The number of rotatable bonds is 3. The van der Waals surface area contributed by atoms with E-state index >= 15 is 0 Å². The first-order valence-corrected chi connectivity index (χ1v) is 7.61. The van der Waals surface area contributed by atoms with Crippen molar-refractivity contribution in [2.45, 2.75) is 39.5 Å². The van der Waals surface area contributed by atoms with Gasteiger partial charge in [-0.1, -0.05) is 63.3 Å². The van der Waals surface area contributed by atoms with Crippen molar-refractivity contribution >= 4 is 17.1 Å². The van der Waals surface area contributed by atoms with E-state index < -0.39 is 0 Å². The Morgan fingerprint density at radius 3 is 2.29 bits per heavy atom. The second-order valence-electron chi connectivity index (χ2n) is 6.52. The summed E-state index contributed by atoms with van der Waals surface area (Å²) in [7, 11) is 0.